The normalized spacial score (nSPS) is 13.3. The second-order valence-corrected chi connectivity index (χ2v) is 8.10. The molecule has 160 valence electrons. The van der Waals surface area contributed by atoms with E-state index in [0.717, 1.165) is 25.7 Å². The summed E-state index contributed by atoms with van der Waals surface area (Å²) in [5.74, 6) is 0.268. The molecule has 0 radical (unpaired) electrons. The molecule has 1 amide bonds. The van der Waals surface area contributed by atoms with E-state index >= 15 is 0 Å². The summed E-state index contributed by atoms with van der Waals surface area (Å²) in [4.78, 5) is 22.0. The molecule has 0 aliphatic carbocycles. The molecule has 0 aromatic rings. The zero-order chi connectivity index (χ0) is 20.3. The van der Waals surface area contributed by atoms with Gasteiger partial charge in [0.25, 0.3) is 0 Å². The molecule has 0 aliphatic rings. The molecule has 0 aromatic heterocycles. The molecule has 1 N–H and O–H groups in total. The van der Waals surface area contributed by atoms with Gasteiger partial charge in [0.05, 0.1) is 0 Å². The number of alkyl halides is 1. The molecule has 0 spiro atoms. The summed E-state index contributed by atoms with van der Waals surface area (Å²) in [6.07, 6.45) is 16.4. The van der Waals surface area contributed by atoms with E-state index in [-0.39, 0.29) is 18.4 Å². The van der Waals surface area contributed by atoms with Gasteiger partial charge in [-0.05, 0) is 18.8 Å². The molecule has 0 saturated carbocycles. The highest BCUT2D eigenvalue weighted by atomic mass is 19.1. The molecule has 0 aliphatic heterocycles. The lowest BCUT2D eigenvalue weighted by molar-refractivity contribution is -0.119. The van der Waals surface area contributed by atoms with Crippen LogP contribution in [0.4, 0.5) is 4.39 Å². The van der Waals surface area contributed by atoms with Crippen molar-refractivity contribution in [3.8, 4) is 0 Å². The van der Waals surface area contributed by atoms with E-state index in [2.05, 4.69) is 5.32 Å². The maximum absolute atomic E-state index is 13.8. The number of nitrogens with one attached hydrogen (secondary N) is 1. The van der Waals surface area contributed by atoms with Crippen molar-refractivity contribution in [1.29, 1.82) is 0 Å². The van der Waals surface area contributed by atoms with Crippen LogP contribution < -0.4 is 5.32 Å². The topological polar surface area (TPSA) is 46.2 Å². The van der Waals surface area contributed by atoms with Crippen LogP contribution in [0.2, 0.25) is 0 Å². The highest BCUT2D eigenvalue weighted by Gasteiger charge is 2.15. The molecule has 3 nitrogen and oxygen atoms in total. The Bertz CT molecular complexity index is 373. The molecule has 0 fully saturated rings. The Hall–Kier alpha value is -0.930. The largest absolute Gasteiger partial charge is 0.353 e. The van der Waals surface area contributed by atoms with Gasteiger partial charge in [0.2, 0.25) is 5.91 Å². The van der Waals surface area contributed by atoms with E-state index in [9.17, 15) is 14.0 Å². The first kappa shape index (κ1) is 26.1. The van der Waals surface area contributed by atoms with Gasteiger partial charge in [-0.2, -0.15) is 0 Å². The molecule has 4 heteroatoms. The zero-order valence-electron chi connectivity index (χ0n) is 18.2. The highest BCUT2D eigenvalue weighted by Crippen LogP contribution is 2.17. The maximum Gasteiger partial charge on any atom is 0.216 e. The molecule has 0 heterocycles. The average Bonchev–Trinajstić information content (AvgIpc) is 2.65. The molecule has 0 aromatic carbocycles. The van der Waals surface area contributed by atoms with Crippen molar-refractivity contribution >= 4 is 11.7 Å². The van der Waals surface area contributed by atoms with Gasteiger partial charge < -0.3 is 5.32 Å². The van der Waals surface area contributed by atoms with Crippen LogP contribution >= 0.6 is 0 Å². The average molecular weight is 386 g/mol. The second kappa shape index (κ2) is 18.4. The van der Waals surface area contributed by atoms with E-state index in [1.54, 1.807) is 0 Å². The summed E-state index contributed by atoms with van der Waals surface area (Å²) < 4.78 is 13.8. The Morgan fingerprint density at radius 3 is 1.70 bits per heavy atom. The van der Waals surface area contributed by atoms with Gasteiger partial charge in [0, 0.05) is 26.3 Å². The first-order valence-electron chi connectivity index (χ1n) is 11.4. The van der Waals surface area contributed by atoms with Crippen molar-refractivity contribution in [3.63, 3.8) is 0 Å². The van der Waals surface area contributed by atoms with Gasteiger partial charge in [0.15, 0.2) is 0 Å². The highest BCUT2D eigenvalue weighted by molar-refractivity contribution is 5.77. The number of carbonyl (C=O) groups is 2. The van der Waals surface area contributed by atoms with Gasteiger partial charge in [-0.25, -0.2) is 4.39 Å². The van der Waals surface area contributed by atoms with Gasteiger partial charge >= 0.3 is 0 Å². The maximum atomic E-state index is 13.8. The smallest absolute Gasteiger partial charge is 0.216 e. The van der Waals surface area contributed by atoms with Crippen LogP contribution in [0.25, 0.3) is 0 Å². The fraction of sp³-hybridized carbons (Fsp3) is 0.913. The van der Waals surface area contributed by atoms with Crippen molar-refractivity contribution in [3.05, 3.63) is 0 Å². The predicted octanol–water partition coefficient (Wildman–Crippen LogP) is 6.54. The molecule has 27 heavy (non-hydrogen) atoms. The summed E-state index contributed by atoms with van der Waals surface area (Å²) in [5.41, 5.74) is 0. The minimum Gasteiger partial charge on any atom is -0.353 e. The van der Waals surface area contributed by atoms with Gasteiger partial charge in [-0.15, -0.1) is 0 Å². The summed E-state index contributed by atoms with van der Waals surface area (Å²) in [7, 11) is 0. The Kier molecular flexibility index (Phi) is 17.8. The number of hydrogen-bond donors (Lipinski definition) is 1. The third-order valence-corrected chi connectivity index (χ3v) is 5.42. The SMILES string of the molecule is CCC(=O)CCCCCCCCCCCCCCC(C)C(F)CNC(C)=O. The van der Waals surface area contributed by atoms with Crippen LogP contribution in [0.5, 0.6) is 0 Å². The van der Waals surface area contributed by atoms with Gasteiger partial charge in [-0.1, -0.05) is 84.5 Å². The standard InChI is InChI=1S/C23H44FNO2/c1-4-22(27)18-16-14-12-10-8-6-5-7-9-11-13-15-17-20(2)23(24)19-25-21(3)26/h20,23H,4-19H2,1-3H3,(H,25,26). The number of unbranched alkanes of at least 4 members (excludes halogenated alkanes) is 11. The fourth-order valence-electron chi connectivity index (χ4n) is 3.36. The predicted molar refractivity (Wildman–Crippen MR) is 113 cm³/mol. The molecule has 2 unspecified atom stereocenters. The van der Waals surface area contributed by atoms with E-state index in [4.69, 9.17) is 0 Å². The third kappa shape index (κ3) is 18.2. The van der Waals surface area contributed by atoms with E-state index < -0.39 is 6.17 Å². The molecule has 0 saturated heterocycles. The lowest BCUT2D eigenvalue weighted by Gasteiger charge is -2.16. The van der Waals surface area contributed by atoms with Crippen LogP contribution in [-0.4, -0.2) is 24.4 Å². The first-order chi connectivity index (χ1) is 13.0. The summed E-state index contributed by atoms with van der Waals surface area (Å²) in [6, 6.07) is 0. The zero-order valence-corrected chi connectivity index (χ0v) is 18.2. The van der Waals surface area contributed by atoms with E-state index in [1.807, 2.05) is 13.8 Å². The van der Waals surface area contributed by atoms with E-state index in [0.29, 0.717) is 12.2 Å². The number of Topliss-reactive ketones (excluding diaryl/α,β-unsaturated/α-hetero) is 1. The number of ketones is 1. The Labute approximate surface area is 167 Å². The lowest BCUT2D eigenvalue weighted by Crippen LogP contribution is -2.31. The number of hydrogen-bond acceptors (Lipinski definition) is 2. The Morgan fingerprint density at radius 1 is 0.815 bits per heavy atom. The van der Waals surface area contributed by atoms with Gasteiger partial charge in [-0.3, -0.25) is 9.59 Å². The summed E-state index contributed by atoms with van der Waals surface area (Å²) in [6.45, 7) is 5.45. The quantitative estimate of drug-likeness (QED) is 0.257. The van der Waals surface area contributed by atoms with Crippen LogP contribution in [-0.2, 0) is 9.59 Å². The number of halogens is 1. The molecule has 0 bridgehead atoms. The summed E-state index contributed by atoms with van der Waals surface area (Å²) in [5, 5.41) is 2.55. The monoisotopic (exact) mass is 385 g/mol. The Morgan fingerprint density at radius 2 is 1.26 bits per heavy atom. The fourth-order valence-corrected chi connectivity index (χ4v) is 3.36. The first-order valence-corrected chi connectivity index (χ1v) is 11.4. The van der Waals surface area contributed by atoms with Gasteiger partial charge in [0.1, 0.15) is 12.0 Å². The van der Waals surface area contributed by atoms with Crippen molar-refractivity contribution in [2.45, 2.75) is 123 Å². The van der Waals surface area contributed by atoms with Crippen molar-refractivity contribution in [2.24, 2.45) is 5.92 Å². The van der Waals surface area contributed by atoms with Crippen LogP contribution in [0.3, 0.4) is 0 Å². The Balaban J connectivity index is 3.26. The number of rotatable bonds is 19. The van der Waals surface area contributed by atoms with Crippen molar-refractivity contribution in [2.75, 3.05) is 6.54 Å². The second-order valence-electron chi connectivity index (χ2n) is 8.10. The number of carbonyl (C=O) groups excluding carboxylic acids is 2. The number of amides is 1. The van der Waals surface area contributed by atoms with Crippen LogP contribution in [0, 0.1) is 5.92 Å². The van der Waals surface area contributed by atoms with Crippen LogP contribution in [0.1, 0.15) is 117 Å². The van der Waals surface area contributed by atoms with Crippen LogP contribution in [0.15, 0.2) is 0 Å². The lowest BCUT2D eigenvalue weighted by atomic mass is 9.97. The third-order valence-electron chi connectivity index (χ3n) is 5.42. The van der Waals surface area contributed by atoms with E-state index in [1.165, 1.54) is 71.1 Å². The minimum absolute atomic E-state index is 0.0249. The molecular formula is C23H44FNO2. The molecular weight excluding hydrogens is 341 g/mol. The van der Waals surface area contributed by atoms with Crippen molar-refractivity contribution < 1.29 is 14.0 Å². The molecule has 0 rings (SSSR count). The summed E-state index contributed by atoms with van der Waals surface area (Å²) >= 11 is 0. The van der Waals surface area contributed by atoms with Crippen molar-refractivity contribution in [1.82, 2.24) is 5.32 Å². The molecule has 2 atom stereocenters. The minimum atomic E-state index is -0.930.